The molecular weight excluding hydrogens is 267 g/mol. The molecule has 1 aromatic rings. The van der Waals surface area contributed by atoms with Crippen LogP contribution in [0.4, 0.5) is 10.1 Å². The summed E-state index contributed by atoms with van der Waals surface area (Å²) in [6.07, 6.45) is 0.228. The number of halogens is 1. The van der Waals surface area contributed by atoms with Crippen molar-refractivity contribution >= 4 is 28.5 Å². The van der Waals surface area contributed by atoms with Crippen molar-refractivity contribution in [3.63, 3.8) is 0 Å². The van der Waals surface area contributed by atoms with Crippen LogP contribution in [0.2, 0.25) is 0 Å². The Bertz CT molecular complexity index is 582. The van der Waals surface area contributed by atoms with Crippen molar-refractivity contribution in [1.29, 1.82) is 5.26 Å². The lowest BCUT2D eigenvalue weighted by Gasteiger charge is -2.17. The summed E-state index contributed by atoms with van der Waals surface area (Å²) < 4.78 is 13.5. The first kappa shape index (κ1) is 13.6. The number of hydrogen-bond donors (Lipinski definition) is 0. The predicted molar refractivity (Wildman–Crippen MR) is 70.1 cm³/mol. The number of nitrogens with zero attached hydrogens (tertiary/aromatic N) is 2. The molecule has 1 fully saturated rings. The van der Waals surface area contributed by atoms with Gasteiger partial charge >= 0.3 is 0 Å². The molecule has 98 valence electrons. The second-order valence-corrected chi connectivity index (χ2v) is 5.66. The van der Waals surface area contributed by atoms with Gasteiger partial charge in [-0.05, 0) is 12.1 Å². The molecule has 1 aliphatic heterocycles. The standard InChI is InChI=1S/C13H11FN2O2S/c1-8(17)19-9-5-13(18)16(7-9)12-4-2-3-11(14)10(12)6-15/h2-4,9H,5,7H2,1H3. The molecule has 1 amide bonds. The summed E-state index contributed by atoms with van der Waals surface area (Å²) in [5, 5.41) is 8.77. The Morgan fingerprint density at radius 1 is 1.58 bits per heavy atom. The van der Waals surface area contributed by atoms with Crippen molar-refractivity contribution in [2.24, 2.45) is 0 Å². The van der Waals surface area contributed by atoms with Crippen LogP contribution in [0.1, 0.15) is 18.9 Å². The molecule has 19 heavy (non-hydrogen) atoms. The van der Waals surface area contributed by atoms with Crippen molar-refractivity contribution in [2.75, 3.05) is 11.4 Å². The van der Waals surface area contributed by atoms with Gasteiger partial charge in [0.1, 0.15) is 17.4 Å². The molecule has 1 aliphatic rings. The van der Waals surface area contributed by atoms with E-state index in [9.17, 15) is 14.0 Å². The topological polar surface area (TPSA) is 61.2 Å². The molecule has 0 spiro atoms. The number of thioether (sulfide) groups is 1. The van der Waals surface area contributed by atoms with Crippen molar-refractivity contribution in [3.8, 4) is 6.07 Å². The van der Waals surface area contributed by atoms with Gasteiger partial charge in [-0.3, -0.25) is 9.59 Å². The van der Waals surface area contributed by atoms with E-state index in [2.05, 4.69) is 0 Å². The van der Waals surface area contributed by atoms with Gasteiger partial charge in [0, 0.05) is 25.1 Å². The Morgan fingerprint density at radius 2 is 2.32 bits per heavy atom. The van der Waals surface area contributed by atoms with E-state index in [0.29, 0.717) is 6.54 Å². The molecular formula is C13H11FN2O2S. The van der Waals surface area contributed by atoms with Crippen LogP contribution in [0.5, 0.6) is 0 Å². The van der Waals surface area contributed by atoms with Gasteiger partial charge in [0.05, 0.1) is 5.69 Å². The van der Waals surface area contributed by atoms with Crippen molar-refractivity contribution < 1.29 is 14.0 Å². The zero-order chi connectivity index (χ0) is 14.0. The van der Waals surface area contributed by atoms with Crippen molar-refractivity contribution in [1.82, 2.24) is 0 Å². The fraction of sp³-hybridized carbons (Fsp3) is 0.308. The van der Waals surface area contributed by atoms with E-state index < -0.39 is 5.82 Å². The van der Waals surface area contributed by atoms with Crippen LogP contribution >= 0.6 is 11.8 Å². The maximum Gasteiger partial charge on any atom is 0.228 e. The minimum absolute atomic E-state index is 0.0561. The molecule has 1 saturated heterocycles. The Balaban J connectivity index is 2.29. The van der Waals surface area contributed by atoms with Crippen molar-refractivity contribution in [3.05, 3.63) is 29.6 Å². The largest absolute Gasteiger partial charge is 0.310 e. The molecule has 1 unspecified atom stereocenters. The third kappa shape index (κ3) is 2.76. The Kier molecular flexibility index (Phi) is 3.86. The van der Waals surface area contributed by atoms with Gasteiger partial charge < -0.3 is 4.90 Å². The predicted octanol–water partition coefficient (Wildman–Crippen LogP) is 2.08. The highest BCUT2D eigenvalue weighted by Gasteiger charge is 2.33. The van der Waals surface area contributed by atoms with Gasteiger partial charge in [-0.25, -0.2) is 4.39 Å². The summed E-state index contributed by atoms with van der Waals surface area (Å²) in [5.74, 6) is -0.837. The Labute approximate surface area is 114 Å². The lowest BCUT2D eigenvalue weighted by molar-refractivity contribution is -0.117. The molecule has 0 bridgehead atoms. The molecule has 6 heteroatoms. The van der Waals surface area contributed by atoms with Crippen LogP contribution in [0, 0.1) is 17.1 Å². The van der Waals surface area contributed by atoms with E-state index in [1.807, 2.05) is 0 Å². The van der Waals surface area contributed by atoms with E-state index in [4.69, 9.17) is 5.26 Å². The number of carbonyl (C=O) groups excluding carboxylic acids is 2. The number of carbonyl (C=O) groups is 2. The fourth-order valence-electron chi connectivity index (χ4n) is 2.07. The van der Waals surface area contributed by atoms with Gasteiger partial charge in [0.15, 0.2) is 5.12 Å². The van der Waals surface area contributed by atoms with E-state index in [-0.39, 0.29) is 33.9 Å². The summed E-state index contributed by atoms with van der Waals surface area (Å²) in [4.78, 5) is 24.3. The fourth-order valence-corrected chi connectivity index (χ4v) is 2.99. The van der Waals surface area contributed by atoms with Gasteiger partial charge in [-0.15, -0.1) is 0 Å². The first-order valence-corrected chi connectivity index (χ1v) is 6.57. The number of nitriles is 1. The van der Waals surface area contributed by atoms with Gasteiger partial charge in [0.2, 0.25) is 5.91 Å². The average Bonchev–Trinajstić information content (AvgIpc) is 2.68. The number of hydrogen-bond acceptors (Lipinski definition) is 4. The summed E-state index contributed by atoms with van der Waals surface area (Å²) in [6, 6.07) is 5.96. The van der Waals surface area contributed by atoms with E-state index >= 15 is 0 Å². The highest BCUT2D eigenvalue weighted by atomic mass is 32.2. The van der Waals surface area contributed by atoms with Gasteiger partial charge in [-0.1, -0.05) is 17.8 Å². The average molecular weight is 278 g/mol. The number of anilines is 1. The second-order valence-electron chi connectivity index (χ2n) is 4.19. The molecule has 0 aromatic heterocycles. The third-order valence-corrected chi connectivity index (χ3v) is 3.80. The lowest BCUT2D eigenvalue weighted by atomic mass is 10.1. The SMILES string of the molecule is CC(=O)SC1CC(=O)N(c2cccc(F)c2C#N)C1. The first-order chi connectivity index (χ1) is 9.02. The number of benzene rings is 1. The summed E-state index contributed by atoms with van der Waals surface area (Å²) in [6.45, 7) is 1.77. The van der Waals surface area contributed by atoms with Gasteiger partial charge in [0.25, 0.3) is 0 Å². The van der Waals surface area contributed by atoms with E-state index in [1.54, 1.807) is 12.1 Å². The second kappa shape index (κ2) is 5.41. The molecule has 1 heterocycles. The molecule has 0 N–H and O–H groups in total. The Morgan fingerprint density at radius 3 is 2.95 bits per heavy atom. The van der Waals surface area contributed by atoms with Crippen LogP contribution in [-0.4, -0.2) is 22.8 Å². The lowest BCUT2D eigenvalue weighted by Crippen LogP contribution is -2.26. The molecule has 2 rings (SSSR count). The third-order valence-electron chi connectivity index (χ3n) is 2.82. The van der Waals surface area contributed by atoms with Crippen LogP contribution in [0.15, 0.2) is 18.2 Å². The molecule has 0 saturated carbocycles. The zero-order valence-electron chi connectivity index (χ0n) is 10.2. The van der Waals surface area contributed by atoms with Crippen LogP contribution in [0.25, 0.3) is 0 Å². The summed E-state index contributed by atoms with van der Waals surface area (Å²) >= 11 is 1.10. The molecule has 0 aliphatic carbocycles. The number of rotatable bonds is 2. The van der Waals surface area contributed by atoms with Crippen molar-refractivity contribution in [2.45, 2.75) is 18.6 Å². The van der Waals surface area contributed by atoms with Crippen LogP contribution in [0.3, 0.4) is 0 Å². The maximum atomic E-state index is 13.5. The molecule has 4 nitrogen and oxygen atoms in total. The van der Waals surface area contributed by atoms with E-state index in [0.717, 1.165) is 11.8 Å². The minimum atomic E-state index is -0.643. The Hall–Kier alpha value is -1.87. The quantitative estimate of drug-likeness (QED) is 0.831. The van der Waals surface area contributed by atoms with Gasteiger partial charge in [-0.2, -0.15) is 5.26 Å². The smallest absolute Gasteiger partial charge is 0.228 e. The highest BCUT2D eigenvalue weighted by Crippen LogP contribution is 2.31. The summed E-state index contributed by atoms with van der Waals surface area (Å²) in [5.41, 5.74) is 0.142. The zero-order valence-corrected chi connectivity index (χ0v) is 11.0. The number of amides is 1. The molecule has 1 atom stereocenters. The highest BCUT2D eigenvalue weighted by molar-refractivity contribution is 8.14. The van der Waals surface area contributed by atoms with E-state index in [1.165, 1.54) is 24.0 Å². The van der Waals surface area contributed by atoms with Crippen LogP contribution in [-0.2, 0) is 9.59 Å². The molecule has 0 radical (unpaired) electrons. The first-order valence-electron chi connectivity index (χ1n) is 5.69. The summed E-state index contributed by atoms with van der Waals surface area (Å²) in [7, 11) is 0. The normalized spacial score (nSPS) is 18.5. The maximum absolute atomic E-state index is 13.5. The molecule has 1 aromatic carbocycles. The minimum Gasteiger partial charge on any atom is -0.310 e. The van der Waals surface area contributed by atoms with Crippen LogP contribution < -0.4 is 4.90 Å². The monoisotopic (exact) mass is 278 g/mol.